The Kier molecular flexibility index (Phi) is 3.05. The monoisotopic (exact) mass is 271 g/mol. The lowest BCUT2D eigenvalue weighted by molar-refractivity contribution is -0.115. The summed E-state index contributed by atoms with van der Waals surface area (Å²) < 4.78 is 1.12. The van der Waals surface area contributed by atoms with Gasteiger partial charge in [-0.25, -0.2) is 4.98 Å². The lowest BCUT2D eigenvalue weighted by atomic mass is 10.2. The normalized spacial score (nSPS) is 10.8. The third kappa shape index (κ3) is 2.66. The van der Waals surface area contributed by atoms with Crippen LogP contribution in [-0.4, -0.2) is 15.9 Å². The number of carbonyl (C=O) groups is 1. The van der Waals surface area contributed by atoms with Crippen molar-refractivity contribution in [2.75, 3.05) is 5.32 Å². The number of amides is 1. The summed E-state index contributed by atoms with van der Waals surface area (Å²) in [5.41, 5.74) is 5.56. The fourth-order valence-electron chi connectivity index (χ4n) is 2.00. The Morgan fingerprint density at radius 3 is 3.11 bits per heavy atom. The Hall–Kier alpha value is -2.14. The van der Waals surface area contributed by atoms with Crippen molar-refractivity contribution in [3.63, 3.8) is 0 Å². The molecule has 4 nitrogen and oxygen atoms in total. The van der Waals surface area contributed by atoms with Crippen LogP contribution in [0.25, 0.3) is 10.2 Å². The van der Waals surface area contributed by atoms with Gasteiger partial charge in [0, 0.05) is 17.6 Å². The van der Waals surface area contributed by atoms with Crippen LogP contribution in [0.2, 0.25) is 0 Å². The molecule has 0 saturated heterocycles. The van der Waals surface area contributed by atoms with Gasteiger partial charge in [0.2, 0.25) is 5.91 Å². The summed E-state index contributed by atoms with van der Waals surface area (Å²) in [6.07, 6.45) is 2.23. The van der Waals surface area contributed by atoms with Crippen LogP contribution >= 0.6 is 11.3 Å². The average molecular weight is 271 g/mol. The molecule has 2 heterocycles. The highest BCUT2D eigenvalue weighted by Crippen LogP contribution is 2.21. The fraction of sp³-hybridized carbons (Fsp3) is 0.143. The summed E-state index contributed by atoms with van der Waals surface area (Å²) in [7, 11) is 0. The second-order valence-electron chi connectivity index (χ2n) is 4.45. The zero-order valence-corrected chi connectivity index (χ0v) is 11.3. The van der Waals surface area contributed by atoms with Crippen LogP contribution in [-0.2, 0) is 11.2 Å². The van der Waals surface area contributed by atoms with E-state index >= 15 is 0 Å². The van der Waals surface area contributed by atoms with Crippen LogP contribution in [0, 0.1) is 6.92 Å². The predicted molar refractivity (Wildman–Crippen MR) is 77.5 cm³/mol. The summed E-state index contributed by atoms with van der Waals surface area (Å²) in [6.45, 7) is 1.97. The minimum absolute atomic E-state index is 0.0198. The van der Waals surface area contributed by atoms with Crippen LogP contribution in [0.5, 0.6) is 0 Å². The summed E-state index contributed by atoms with van der Waals surface area (Å²) >= 11 is 1.59. The molecular formula is C14H13N3OS. The Morgan fingerprint density at radius 2 is 2.32 bits per heavy atom. The molecule has 0 atom stereocenters. The number of aryl methyl sites for hydroxylation is 1. The van der Waals surface area contributed by atoms with Gasteiger partial charge in [-0.2, -0.15) is 0 Å². The molecule has 1 amide bonds. The van der Waals surface area contributed by atoms with E-state index in [0.29, 0.717) is 6.42 Å². The number of rotatable bonds is 3. The number of nitrogens with zero attached hydrogens (tertiary/aromatic N) is 1. The van der Waals surface area contributed by atoms with Crippen molar-refractivity contribution in [3.05, 3.63) is 47.2 Å². The van der Waals surface area contributed by atoms with Crippen molar-refractivity contribution in [3.8, 4) is 0 Å². The molecule has 0 bridgehead atoms. The number of thiazole rings is 1. The van der Waals surface area contributed by atoms with Gasteiger partial charge in [0.15, 0.2) is 0 Å². The number of hydrogen-bond acceptors (Lipinski definition) is 3. The van der Waals surface area contributed by atoms with E-state index in [1.807, 2.05) is 37.4 Å². The maximum absolute atomic E-state index is 11.9. The van der Waals surface area contributed by atoms with Crippen molar-refractivity contribution in [1.29, 1.82) is 0 Å². The number of fused-ring (bicyclic) bond motifs is 1. The molecule has 5 heteroatoms. The first-order valence-electron chi connectivity index (χ1n) is 5.98. The third-order valence-corrected chi connectivity index (χ3v) is 3.68. The zero-order chi connectivity index (χ0) is 13.2. The first-order valence-corrected chi connectivity index (χ1v) is 6.86. The molecule has 3 aromatic rings. The number of anilines is 1. The standard InChI is InChI=1S/C14H13N3OS/c1-9-4-10(7-15-9)5-14(18)17-11-2-3-13-12(6-11)16-8-19-13/h2-4,6-8,15H,5H2,1H3,(H,17,18). The van der Waals surface area contributed by atoms with E-state index in [1.54, 1.807) is 16.8 Å². The second kappa shape index (κ2) is 4.85. The SMILES string of the molecule is Cc1cc(CC(=O)Nc2ccc3scnc3c2)c[nH]1. The van der Waals surface area contributed by atoms with Crippen molar-refractivity contribution in [2.24, 2.45) is 0 Å². The van der Waals surface area contributed by atoms with Gasteiger partial charge in [0.25, 0.3) is 0 Å². The first kappa shape index (κ1) is 11.9. The molecule has 0 spiro atoms. The Labute approximate surface area is 114 Å². The van der Waals surface area contributed by atoms with Gasteiger partial charge in [-0.1, -0.05) is 0 Å². The highest BCUT2D eigenvalue weighted by Gasteiger charge is 2.06. The molecule has 0 saturated carbocycles. The number of benzene rings is 1. The van der Waals surface area contributed by atoms with Crippen molar-refractivity contribution >= 4 is 33.1 Å². The largest absolute Gasteiger partial charge is 0.365 e. The van der Waals surface area contributed by atoms with Gasteiger partial charge in [-0.05, 0) is 36.8 Å². The topological polar surface area (TPSA) is 57.8 Å². The van der Waals surface area contributed by atoms with Crippen LogP contribution in [0.3, 0.4) is 0 Å². The number of aromatic amines is 1. The lowest BCUT2D eigenvalue weighted by Crippen LogP contribution is -2.13. The van der Waals surface area contributed by atoms with E-state index in [9.17, 15) is 4.79 Å². The van der Waals surface area contributed by atoms with E-state index in [0.717, 1.165) is 27.2 Å². The molecule has 19 heavy (non-hydrogen) atoms. The van der Waals surface area contributed by atoms with Crippen LogP contribution in [0.15, 0.2) is 36.0 Å². The van der Waals surface area contributed by atoms with Crippen LogP contribution in [0.4, 0.5) is 5.69 Å². The number of hydrogen-bond donors (Lipinski definition) is 2. The molecule has 0 unspecified atom stereocenters. The van der Waals surface area contributed by atoms with E-state index in [2.05, 4.69) is 15.3 Å². The zero-order valence-electron chi connectivity index (χ0n) is 10.4. The minimum atomic E-state index is -0.0198. The Balaban J connectivity index is 1.71. The van der Waals surface area contributed by atoms with Crippen LogP contribution < -0.4 is 5.32 Å². The van der Waals surface area contributed by atoms with E-state index < -0.39 is 0 Å². The Morgan fingerprint density at radius 1 is 1.42 bits per heavy atom. The van der Waals surface area contributed by atoms with Gasteiger partial charge in [0.05, 0.1) is 22.1 Å². The molecule has 0 radical (unpaired) electrons. The fourth-order valence-corrected chi connectivity index (χ4v) is 2.66. The van der Waals surface area contributed by atoms with E-state index in [4.69, 9.17) is 0 Å². The predicted octanol–water partition coefficient (Wildman–Crippen LogP) is 3.11. The average Bonchev–Trinajstić information content (AvgIpc) is 2.97. The number of H-pyrrole nitrogens is 1. The molecule has 0 aliphatic carbocycles. The van der Waals surface area contributed by atoms with Crippen molar-refractivity contribution in [2.45, 2.75) is 13.3 Å². The third-order valence-electron chi connectivity index (χ3n) is 2.87. The number of nitrogens with one attached hydrogen (secondary N) is 2. The maximum atomic E-state index is 11.9. The lowest BCUT2D eigenvalue weighted by Gasteiger charge is -2.04. The quantitative estimate of drug-likeness (QED) is 0.769. The highest BCUT2D eigenvalue weighted by atomic mass is 32.1. The number of aromatic nitrogens is 2. The van der Waals surface area contributed by atoms with Crippen molar-refractivity contribution < 1.29 is 4.79 Å². The summed E-state index contributed by atoms with van der Waals surface area (Å²) in [5.74, 6) is -0.0198. The van der Waals surface area contributed by atoms with Gasteiger partial charge >= 0.3 is 0 Å². The molecule has 1 aromatic carbocycles. The molecule has 2 aromatic heterocycles. The van der Waals surface area contributed by atoms with Crippen molar-refractivity contribution in [1.82, 2.24) is 9.97 Å². The van der Waals surface area contributed by atoms with Gasteiger partial charge in [-0.15, -0.1) is 11.3 Å². The summed E-state index contributed by atoms with van der Waals surface area (Å²) in [6, 6.07) is 7.75. The Bertz CT molecular complexity index is 729. The summed E-state index contributed by atoms with van der Waals surface area (Å²) in [4.78, 5) is 19.2. The van der Waals surface area contributed by atoms with Crippen LogP contribution in [0.1, 0.15) is 11.3 Å². The minimum Gasteiger partial charge on any atom is -0.365 e. The molecule has 3 rings (SSSR count). The van der Waals surface area contributed by atoms with E-state index in [1.165, 1.54) is 0 Å². The second-order valence-corrected chi connectivity index (χ2v) is 5.34. The summed E-state index contributed by atoms with van der Waals surface area (Å²) in [5, 5.41) is 2.89. The van der Waals surface area contributed by atoms with E-state index in [-0.39, 0.29) is 5.91 Å². The molecule has 0 aliphatic heterocycles. The molecule has 0 fully saturated rings. The molecule has 2 N–H and O–H groups in total. The van der Waals surface area contributed by atoms with Gasteiger partial charge in [0.1, 0.15) is 0 Å². The molecule has 96 valence electrons. The van der Waals surface area contributed by atoms with Gasteiger partial charge in [-0.3, -0.25) is 4.79 Å². The highest BCUT2D eigenvalue weighted by molar-refractivity contribution is 7.16. The smallest absolute Gasteiger partial charge is 0.228 e. The van der Waals surface area contributed by atoms with Gasteiger partial charge < -0.3 is 10.3 Å². The molecular weight excluding hydrogens is 258 g/mol. The number of carbonyl (C=O) groups excluding carboxylic acids is 1. The molecule has 0 aliphatic rings. The maximum Gasteiger partial charge on any atom is 0.228 e. The first-order chi connectivity index (χ1) is 9.20.